The van der Waals surface area contributed by atoms with Crippen LogP contribution in [0.5, 0.6) is 5.75 Å². The Morgan fingerprint density at radius 3 is 2.51 bits per heavy atom. The first-order valence-electron chi connectivity index (χ1n) is 12.2. The highest BCUT2D eigenvalue weighted by molar-refractivity contribution is 7.89. The number of halogens is 1. The van der Waals surface area contributed by atoms with Gasteiger partial charge in [0, 0.05) is 24.7 Å². The van der Waals surface area contributed by atoms with E-state index in [2.05, 4.69) is 11.8 Å². The molecule has 184 valence electrons. The number of ether oxygens (including phenoxy) is 1. The van der Waals surface area contributed by atoms with Gasteiger partial charge in [0.1, 0.15) is 16.7 Å². The van der Waals surface area contributed by atoms with Crippen molar-refractivity contribution in [2.24, 2.45) is 5.92 Å². The number of fused-ring (bicyclic) bond motifs is 1. The zero-order valence-corrected chi connectivity index (χ0v) is 21.7. The van der Waals surface area contributed by atoms with Gasteiger partial charge in [0.15, 0.2) is 0 Å². The Hall–Kier alpha value is -2.54. The number of benzene rings is 3. The molecule has 0 N–H and O–H groups in total. The molecule has 5 nitrogen and oxygen atoms in total. The Balaban J connectivity index is 1.67. The molecule has 2 aliphatic rings. The standard InChI is InChI=1S/C28H31ClN2O3S/c1-20-9-8-16-30(18-20)25-14-7-15-26-28(25)35(32,33)31(19-22-10-6-13-24(29)17-22)21(2)27(34-26)23-11-4-3-5-12-23/h3-7,10-15,17,20-21,27H,8-9,16,18-19H2,1-2H3/t20?,21-,27+/m0/s1. The third-order valence-corrected chi connectivity index (χ3v) is 9.26. The summed E-state index contributed by atoms with van der Waals surface area (Å²) >= 11 is 6.25. The predicted octanol–water partition coefficient (Wildman–Crippen LogP) is 6.29. The van der Waals surface area contributed by atoms with E-state index in [9.17, 15) is 8.42 Å². The molecule has 0 radical (unpaired) electrons. The van der Waals surface area contributed by atoms with E-state index in [1.807, 2.05) is 67.6 Å². The Labute approximate surface area is 213 Å². The molecular weight excluding hydrogens is 480 g/mol. The molecule has 1 fully saturated rings. The number of piperidine rings is 1. The van der Waals surface area contributed by atoms with Crippen molar-refractivity contribution in [2.45, 2.75) is 50.3 Å². The largest absolute Gasteiger partial charge is 0.483 e. The Morgan fingerprint density at radius 1 is 1.00 bits per heavy atom. The van der Waals surface area contributed by atoms with Crippen LogP contribution >= 0.6 is 11.6 Å². The van der Waals surface area contributed by atoms with Crippen molar-refractivity contribution in [1.29, 1.82) is 0 Å². The van der Waals surface area contributed by atoms with Crippen molar-refractivity contribution in [3.63, 3.8) is 0 Å². The lowest BCUT2D eigenvalue weighted by Crippen LogP contribution is -2.41. The average Bonchev–Trinajstić information content (AvgIpc) is 2.93. The molecule has 0 saturated carbocycles. The van der Waals surface area contributed by atoms with E-state index in [0.29, 0.717) is 16.7 Å². The summed E-state index contributed by atoms with van der Waals surface area (Å²) in [5.41, 5.74) is 2.51. The lowest BCUT2D eigenvalue weighted by Gasteiger charge is -2.35. The minimum Gasteiger partial charge on any atom is -0.483 e. The van der Waals surface area contributed by atoms with E-state index in [4.69, 9.17) is 16.3 Å². The summed E-state index contributed by atoms with van der Waals surface area (Å²) in [6.07, 6.45) is 1.74. The van der Waals surface area contributed by atoms with E-state index in [1.54, 1.807) is 16.4 Å². The lowest BCUT2D eigenvalue weighted by molar-refractivity contribution is 0.124. The molecule has 0 aromatic heterocycles. The van der Waals surface area contributed by atoms with Gasteiger partial charge in [0.2, 0.25) is 10.0 Å². The van der Waals surface area contributed by atoms with Crippen LogP contribution in [0.4, 0.5) is 5.69 Å². The van der Waals surface area contributed by atoms with Crippen molar-refractivity contribution in [1.82, 2.24) is 4.31 Å². The minimum absolute atomic E-state index is 0.209. The normalized spacial score (nSPS) is 24.3. The maximum Gasteiger partial charge on any atom is 0.249 e. The molecule has 3 aromatic rings. The molecule has 2 heterocycles. The molecule has 1 unspecified atom stereocenters. The van der Waals surface area contributed by atoms with Crippen LogP contribution in [-0.2, 0) is 16.6 Å². The topological polar surface area (TPSA) is 49.9 Å². The van der Waals surface area contributed by atoms with Crippen molar-refractivity contribution >= 4 is 27.3 Å². The summed E-state index contributed by atoms with van der Waals surface area (Å²) < 4.78 is 37.0. The summed E-state index contributed by atoms with van der Waals surface area (Å²) in [5.74, 6) is 0.919. The maximum absolute atomic E-state index is 14.4. The smallest absolute Gasteiger partial charge is 0.249 e. The fraction of sp³-hybridized carbons (Fsp3) is 0.357. The lowest BCUT2D eigenvalue weighted by atomic mass is 9.99. The highest BCUT2D eigenvalue weighted by Crippen LogP contribution is 2.44. The summed E-state index contributed by atoms with van der Waals surface area (Å²) in [6.45, 7) is 6.02. The SMILES string of the molecule is CC1CCCN(c2cccc3c2S(=O)(=O)N(Cc2cccc(Cl)c2)[C@@H](C)[C@H](c2ccccc2)O3)C1. The maximum atomic E-state index is 14.4. The van der Waals surface area contributed by atoms with Crippen LogP contribution < -0.4 is 9.64 Å². The molecule has 35 heavy (non-hydrogen) atoms. The molecule has 3 atom stereocenters. The zero-order valence-electron chi connectivity index (χ0n) is 20.1. The molecule has 1 saturated heterocycles. The fourth-order valence-electron chi connectivity index (χ4n) is 5.27. The van der Waals surface area contributed by atoms with Crippen LogP contribution in [0.25, 0.3) is 0 Å². The fourth-order valence-corrected chi connectivity index (χ4v) is 7.42. The first-order chi connectivity index (χ1) is 16.8. The molecular formula is C28H31ClN2O3S. The van der Waals surface area contributed by atoms with Gasteiger partial charge in [-0.25, -0.2) is 8.42 Å². The molecule has 0 bridgehead atoms. The summed E-state index contributed by atoms with van der Waals surface area (Å²) in [6, 6.07) is 22.4. The van der Waals surface area contributed by atoms with Crippen molar-refractivity contribution in [3.8, 4) is 5.75 Å². The van der Waals surface area contributed by atoms with Gasteiger partial charge in [0.25, 0.3) is 0 Å². The molecule has 7 heteroatoms. The zero-order chi connectivity index (χ0) is 24.6. The second-order valence-corrected chi connectivity index (χ2v) is 11.9. The molecule has 2 aliphatic heterocycles. The number of hydrogen-bond acceptors (Lipinski definition) is 4. The van der Waals surface area contributed by atoms with Crippen LogP contribution in [0.2, 0.25) is 5.02 Å². The van der Waals surface area contributed by atoms with Crippen LogP contribution in [0.15, 0.2) is 77.7 Å². The third-order valence-electron chi connectivity index (χ3n) is 7.02. The van der Waals surface area contributed by atoms with Crippen LogP contribution in [0.1, 0.15) is 43.9 Å². The van der Waals surface area contributed by atoms with E-state index < -0.39 is 22.2 Å². The van der Waals surface area contributed by atoms with Crippen LogP contribution in [-0.4, -0.2) is 31.9 Å². The van der Waals surface area contributed by atoms with Gasteiger partial charge in [-0.2, -0.15) is 4.31 Å². The number of sulfonamides is 1. The van der Waals surface area contributed by atoms with Crippen molar-refractivity contribution in [3.05, 3.63) is 88.9 Å². The minimum atomic E-state index is -3.89. The average molecular weight is 511 g/mol. The summed E-state index contributed by atoms with van der Waals surface area (Å²) in [4.78, 5) is 2.47. The number of nitrogens with zero attached hydrogens (tertiary/aromatic N) is 2. The van der Waals surface area contributed by atoms with Gasteiger partial charge in [-0.1, -0.05) is 67.1 Å². The Kier molecular flexibility index (Phi) is 6.80. The number of anilines is 1. The molecule has 5 rings (SSSR count). The first-order valence-corrected chi connectivity index (χ1v) is 14.0. The van der Waals surface area contributed by atoms with Gasteiger partial charge < -0.3 is 9.64 Å². The summed E-state index contributed by atoms with van der Waals surface area (Å²) in [7, 11) is -3.89. The Bertz CT molecular complexity index is 1300. The van der Waals surface area contributed by atoms with E-state index >= 15 is 0 Å². The number of hydrogen-bond donors (Lipinski definition) is 0. The predicted molar refractivity (Wildman–Crippen MR) is 141 cm³/mol. The monoisotopic (exact) mass is 510 g/mol. The summed E-state index contributed by atoms with van der Waals surface area (Å²) in [5, 5.41) is 0.585. The van der Waals surface area contributed by atoms with Gasteiger partial charge in [-0.05, 0) is 61.1 Å². The van der Waals surface area contributed by atoms with Crippen molar-refractivity contribution < 1.29 is 13.2 Å². The van der Waals surface area contributed by atoms with Crippen LogP contribution in [0.3, 0.4) is 0 Å². The molecule has 0 amide bonds. The van der Waals surface area contributed by atoms with Gasteiger partial charge >= 0.3 is 0 Å². The highest BCUT2D eigenvalue weighted by atomic mass is 35.5. The van der Waals surface area contributed by atoms with Crippen molar-refractivity contribution in [2.75, 3.05) is 18.0 Å². The first kappa shape index (κ1) is 24.2. The van der Waals surface area contributed by atoms with E-state index in [0.717, 1.165) is 42.7 Å². The quantitative estimate of drug-likeness (QED) is 0.414. The number of rotatable bonds is 4. The molecule has 3 aromatic carbocycles. The Morgan fingerprint density at radius 2 is 1.77 bits per heavy atom. The van der Waals surface area contributed by atoms with E-state index in [-0.39, 0.29) is 11.4 Å². The van der Waals surface area contributed by atoms with Gasteiger partial charge in [-0.15, -0.1) is 0 Å². The second-order valence-electron chi connectivity index (χ2n) is 9.67. The highest BCUT2D eigenvalue weighted by Gasteiger charge is 2.43. The molecule has 0 spiro atoms. The third kappa shape index (κ3) is 4.80. The second kappa shape index (κ2) is 9.84. The van der Waals surface area contributed by atoms with E-state index in [1.165, 1.54) is 0 Å². The van der Waals surface area contributed by atoms with Gasteiger partial charge in [-0.3, -0.25) is 0 Å². The van der Waals surface area contributed by atoms with Crippen LogP contribution in [0, 0.1) is 5.92 Å². The van der Waals surface area contributed by atoms with Gasteiger partial charge in [0.05, 0.1) is 11.7 Å². The molecule has 0 aliphatic carbocycles.